The molecule has 4 N–H and O–H groups in total. The van der Waals surface area contributed by atoms with Gasteiger partial charge in [-0.3, -0.25) is 0 Å². The Kier molecular flexibility index (Phi) is 3.81. The summed E-state index contributed by atoms with van der Waals surface area (Å²) < 4.78 is 6.68. The molecule has 0 amide bonds. The van der Waals surface area contributed by atoms with Crippen molar-refractivity contribution in [3.8, 4) is 0 Å². The fourth-order valence-electron chi connectivity index (χ4n) is 1.63. The van der Waals surface area contributed by atoms with Crippen LogP contribution in [0, 0.1) is 0 Å². The number of aromatic nitrogens is 3. The number of hydrogen-bond donors (Lipinski definition) is 3. The lowest BCUT2D eigenvalue weighted by molar-refractivity contribution is -0.143. The van der Waals surface area contributed by atoms with Gasteiger partial charge in [0.05, 0.1) is 12.8 Å². The summed E-state index contributed by atoms with van der Waals surface area (Å²) in [5.41, 5.74) is 3.07. The Morgan fingerprint density at radius 2 is 2.42 bits per heavy atom. The van der Waals surface area contributed by atoms with Gasteiger partial charge in [-0.25, -0.2) is 20.6 Å². The van der Waals surface area contributed by atoms with E-state index >= 15 is 0 Å². The topological polar surface area (TPSA) is 107 Å². The first-order valence-electron chi connectivity index (χ1n) is 5.89. The third-order valence-electron chi connectivity index (χ3n) is 2.52. The second kappa shape index (κ2) is 5.53. The molecule has 0 aliphatic heterocycles. The molecule has 8 nitrogen and oxygen atoms in total. The zero-order valence-corrected chi connectivity index (χ0v) is 10.8. The highest BCUT2D eigenvalue weighted by molar-refractivity contribution is 5.80. The summed E-state index contributed by atoms with van der Waals surface area (Å²) in [5, 5.41) is 2.97. The largest absolute Gasteiger partial charge is 0.464 e. The number of carbonyl (C=O) groups is 1. The SMILES string of the molecule is CCOC(=O)C(C)Nc1nc(NN)cn2ccnc12. The average Bonchev–Trinajstić information content (AvgIpc) is 2.87. The van der Waals surface area contributed by atoms with Crippen LogP contribution in [0.25, 0.3) is 5.65 Å². The Morgan fingerprint density at radius 1 is 1.63 bits per heavy atom. The van der Waals surface area contributed by atoms with E-state index in [0.717, 1.165) is 0 Å². The van der Waals surface area contributed by atoms with Gasteiger partial charge >= 0.3 is 5.97 Å². The van der Waals surface area contributed by atoms with Gasteiger partial charge in [-0.15, -0.1) is 0 Å². The summed E-state index contributed by atoms with van der Waals surface area (Å²) in [5.74, 6) is 5.93. The highest BCUT2D eigenvalue weighted by atomic mass is 16.5. The summed E-state index contributed by atoms with van der Waals surface area (Å²) in [6, 6.07) is -0.527. The molecular formula is C11H16N6O2. The monoisotopic (exact) mass is 264 g/mol. The number of nitrogens with two attached hydrogens (primary N) is 1. The molecule has 19 heavy (non-hydrogen) atoms. The lowest BCUT2D eigenvalue weighted by Gasteiger charge is -2.14. The first kappa shape index (κ1) is 13.1. The van der Waals surface area contributed by atoms with E-state index in [9.17, 15) is 4.79 Å². The number of nitrogen functional groups attached to an aromatic ring is 1. The van der Waals surface area contributed by atoms with Gasteiger partial charge in [0.15, 0.2) is 17.3 Å². The van der Waals surface area contributed by atoms with Crippen LogP contribution in [0.3, 0.4) is 0 Å². The molecule has 0 saturated carbocycles. The number of nitrogens with zero attached hydrogens (tertiary/aromatic N) is 3. The Bertz CT molecular complexity index is 582. The molecule has 1 atom stereocenters. The molecule has 0 bridgehead atoms. The van der Waals surface area contributed by atoms with Crippen LogP contribution in [0.1, 0.15) is 13.8 Å². The molecule has 2 aromatic heterocycles. The van der Waals surface area contributed by atoms with Crippen LogP contribution in [0.5, 0.6) is 0 Å². The molecule has 0 saturated heterocycles. The van der Waals surface area contributed by atoms with Gasteiger partial charge in [-0.1, -0.05) is 0 Å². The molecule has 0 aliphatic rings. The summed E-state index contributed by atoms with van der Waals surface area (Å²) >= 11 is 0. The Morgan fingerprint density at radius 3 is 3.11 bits per heavy atom. The van der Waals surface area contributed by atoms with E-state index in [1.54, 1.807) is 36.8 Å². The van der Waals surface area contributed by atoms with E-state index in [1.165, 1.54) is 0 Å². The molecule has 102 valence electrons. The van der Waals surface area contributed by atoms with E-state index in [2.05, 4.69) is 20.7 Å². The minimum absolute atomic E-state index is 0.335. The number of anilines is 2. The van der Waals surface area contributed by atoms with Crippen molar-refractivity contribution in [2.45, 2.75) is 19.9 Å². The highest BCUT2D eigenvalue weighted by Gasteiger charge is 2.16. The maximum atomic E-state index is 11.6. The van der Waals surface area contributed by atoms with Gasteiger partial charge in [0.2, 0.25) is 0 Å². The average molecular weight is 264 g/mol. The zero-order valence-electron chi connectivity index (χ0n) is 10.8. The predicted octanol–water partition coefficient (Wildman–Crippen LogP) is 0.378. The van der Waals surface area contributed by atoms with Crippen molar-refractivity contribution in [2.24, 2.45) is 5.84 Å². The zero-order chi connectivity index (χ0) is 13.8. The standard InChI is InChI=1S/C11H16N6O2/c1-3-19-11(18)7(2)14-9-10-13-4-5-17(10)6-8(15-9)16-12/h4-7,16H,3,12H2,1-2H3,(H,14,15). The molecule has 0 aromatic carbocycles. The van der Waals surface area contributed by atoms with Crippen molar-refractivity contribution < 1.29 is 9.53 Å². The number of esters is 1. The van der Waals surface area contributed by atoms with Crippen LogP contribution < -0.4 is 16.6 Å². The molecule has 0 spiro atoms. The second-order valence-corrected chi connectivity index (χ2v) is 3.90. The number of nitrogens with one attached hydrogen (secondary N) is 2. The number of carbonyl (C=O) groups excluding carboxylic acids is 1. The van der Waals surface area contributed by atoms with E-state index in [4.69, 9.17) is 10.6 Å². The lowest BCUT2D eigenvalue weighted by atomic mass is 10.3. The lowest BCUT2D eigenvalue weighted by Crippen LogP contribution is -2.29. The van der Waals surface area contributed by atoms with Crippen molar-refractivity contribution in [3.63, 3.8) is 0 Å². The van der Waals surface area contributed by atoms with Crippen molar-refractivity contribution in [3.05, 3.63) is 18.6 Å². The van der Waals surface area contributed by atoms with Crippen LogP contribution in [-0.2, 0) is 9.53 Å². The van der Waals surface area contributed by atoms with Gasteiger partial charge in [0.1, 0.15) is 6.04 Å². The first-order chi connectivity index (χ1) is 9.15. The first-order valence-corrected chi connectivity index (χ1v) is 5.89. The number of hydrogen-bond acceptors (Lipinski definition) is 7. The van der Waals surface area contributed by atoms with Crippen LogP contribution in [-0.4, -0.2) is 33.0 Å². The molecule has 0 fully saturated rings. The van der Waals surface area contributed by atoms with Crippen molar-refractivity contribution >= 4 is 23.3 Å². The fourth-order valence-corrected chi connectivity index (χ4v) is 1.63. The number of rotatable bonds is 5. The van der Waals surface area contributed by atoms with Gasteiger partial charge < -0.3 is 19.9 Å². The maximum absolute atomic E-state index is 11.6. The fraction of sp³-hybridized carbons (Fsp3) is 0.364. The Balaban J connectivity index is 2.28. The van der Waals surface area contributed by atoms with Crippen molar-refractivity contribution in [1.29, 1.82) is 0 Å². The van der Waals surface area contributed by atoms with Crippen LogP contribution in [0.2, 0.25) is 0 Å². The van der Waals surface area contributed by atoms with Crippen molar-refractivity contribution in [1.82, 2.24) is 14.4 Å². The summed E-state index contributed by atoms with van der Waals surface area (Å²) in [6.07, 6.45) is 5.10. The molecule has 0 radical (unpaired) electrons. The summed E-state index contributed by atoms with van der Waals surface area (Å²) in [4.78, 5) is 20.0. The van der Waals surface area contributed by atoms with Gasteiger partial charge in [-0.2, -0.15) is 0 Å². The molecule has 0 aliphatic carbocycles. The minimum Gasteiger partial charge on any atom is -0.464 e. The highest BCUT2D eigenvalue weighted by Crippen LogP contribution is 2.16. The minimum atomic E-state index is -0.527. The van der Waals surface area contributed by atoms with Gasteiger partial charge in [0, 0.05) is 12.4 Å². The number of hydrazine groups is 1. The number of fused-ring (bicyclic) bond motifs is 1. The number of ether oxygens (including phenoxy) is 1. The normalized spacial score (nSPS) is 12.2. The van der Waals surface area contributed by atoms with E-state index in [0.29, 0.717) is 23.9 Å². The maximum Gasteiger partial charge on any atom is 0.328 e. The van der Waals surface area contributed by atoms with E-state index in [1.807, 2.05) is 0 Å². The van der Waals surface area contributed by atoms with Crippen LogP contribution in [0.4, 0.5) is 11.6 Å². The predicted molar refractivity (Wildman–Crippen MR) is 70.5 cm³/mol. The van der Waals surface area contributed by atoms with Crippen molar-refractivity contribution in [2.75, 3.05) is 17.3 Å². The summed E-state index contributed by atoms with van der Waals surface area (Å²) in [7, 11) is 0. The quantitative estimate of drug-likeness (QED) is 0.407. The van der Waals surface area contributed by atoms with Gasteiger partial charge in [0.25, 0.3) is 0 Å². The molecule has 2 rings (SSSR count). The molecule has 2 heterocycles. The van der Waals surface area contributed by atoms with Crippen LogP contribution in [0.15, 0.2) is 18.6 Å². The van der Waals surface area contributed by atoms with Crippen LogP contribution >= 0.6 is 0 Å². The molecule has 2 aromatic rings. The smallest absolute Gasteiger partial charge is 0.328 e. The molecule has 8 heteroatoms. The third kappa shape index (κ3) is 2.74. The van der Waals surface area contributed by atoms with E-state index in [-0.39, 0.29) is 5.97 Å². The third-order valence-corrected chi connectivity index (χ3v) is 2.52. The molecular weight excluding hydrogens is 248 g/mol. The second-order valence-electron chi connectivity index (χ2n) is 3.90. The Labute approximate surface area is 109 Å². The van der Waals surface area contributed by atoms with E-state index < -0.39 is 6.04 Å². The summed E-state index contributed by atoms with van der Waals surface area (Å²) in [6.45, 7) is 3.79. The number of imidazole rings is 1. The Hall–Kier alpha value is -2.35. The molecule has 1 unspecified atom stereocenters. The van der Waals surface area contributed by atoms with Gasteiger partial charge in [-0.05, 0) is 13.8 Å².